The smallest absolute Gasteiger partial charge is 0.270 e. The summed E-state index contributed by atoms with van der Waals surface area (Å²) in [5, 5.41) is 13.7. The molecule has 0 aliphatic rings. The van der Waals surface area contributed by atoms with Crippen molar-refractivity contribution in [1.82, 2.24) is 5.32 Å². The Morgan fingerprint density at radius 2 is 2.04 bits per heavy atom. The molecule has 0 aliphatic heterocycles. The monoisotopic (exact) mass is 453 g/mol. The number of carbonyl (C=O) groups excluding carboxylic acids is 1. The van der Waals surface area contributed by atoms with Gasteiger partial charge in [-0.3, -0.25) is 14.9 Å². The number of rotatable bonds is 7. The van der Waals surface area contributed by atoms with Crippen LogP contribution in [0.1, 0.15) is 22.8 Å². The zero-order valence-corrected chi connectivity index (χ0v) is 16.3. The number of hydrogen-bond acceptors (Lipinski definition) is 4. The van der Waals surface area contributed by atoms with Gasteiger partial charge in [-0.05, 0) is 60.2 Å². The van der Waals surface area contributed by atoms with Crippen LogP contribution in [0.3, 0.4) is 0 Å². The number of aryl methyl sites for hydroxylation is 1. The molecule has 2 rings (SSSR count). The highest BCUT2D eigenvalue weighted by Gasteiger charge is 2.14. The average Bonchev–Trinajstić information content (AvgIpc) is 2.58. The lowest BCUT2D eigenvalue weighted by Crippen LogP contribution is -2.35. The van der Waals surface area contributed by atoms with Gasteiger partial charge in [-0.15, -0.1) is 0 Å². The van der Waals surface area contributed by atoms with Crippen LogP contribution in [0.2, 0.25) is 0 Å². The van der Waals surface area contributed by atoms with Gasteiger partial charge in [-0.1, -0.05) is 12.1 Å². The third-order valence-corrected chi connectivity index (χ3v) is 4.72. The minimum absolute atomic E-state index is 0.0162. The molecule has 6 nitrogen and oxygen atoms in total. The standard InChI is InChI=1S/C18H20IN3O3/c1-3-21(14-6-4-5-13(2)11-14)10-9-20-18(23)16-8-7-15(22(24)25)12-17(16)19/h4-8,11-12H,3,9-10H2,1-2H3,(H,20,23). The van der Waals surface area contributed by atoms with Gasteiger partial charge in [-0.25, -0.2) is 0 Å². The summed E-state index contributed by atoms with van der Waals surface area (Å²) < 4.78 is 0.565. The fourth-order valence-electron chi connectivity index (χ4n) is 2.50. The van der Waals surface area contributed by atoms with Gasteiger partial charge in [0.1, 0.15) is 0 Å². The van der Waals surface area contributed by atoms with Crippen LogP contribution in [0.15, 0.2) is 42.5 Å². The molecule has 2 aromatic rings. The maximum absolute atomic E-state index is 12.3. The van der Waals surface area contributed by atoms with Crippen molar-refractivity contribution in [2.75, 3.05) is 24.5 Å². The lowest BCUT2D eigenvalue weighted by Gasteiger charge is -2.23. The molecule has 0 atom stereocenters. The Balaban J connectivity index is 1.96. The van der Waals surface area contributed by atoms with Crippen LogP contribution >= 0.6 is 22.6 Å². The quantitative estimate of drug-likeness (QED) is 0.394. The van der Waals surface area contributed by atoms with Crippen molar-refractivity contribution < 1.29 is 9.72 Å². The van der Waals surface area contributed by atoms with Crippen LogP contribution in [0, 0.1) is 20.6 Å². The van der Waals surface area contributed by atoms with Crippen LogP contribution in [0.4, 0.5) is 11.4 Å². The zero-order chi connectivity index (χ0) is 18.4. The number of nitro benzene ring substituents is 1. The van der Waals surface area contributed by atoms with Crippen molar-refractivity contribution in [3.05, 3.63) is 67.3 Å². The Morgan fingerprint density at radius 1 is 1.28 bits per heavy atom. The predicted molar refractivity (Wildman–Crippen MR) is 107 cm³/mol. The number of halogens is 1. The third-order valence-electron chi connectivity index (χ3n) is 3.82. The summed E-state index contributed by atoms with van der Waals surface area (Å²) in [5.41, 5.74) is 2.75. The van der Waals surface area contributed by atoms with E-state index in [-0.39, 0.29) is 11.6 Å². The third kappa shape index (κ3) is 5.15. The van der Waals surface area contributed by atoms with E-state index in [0.717, 1.165) is 12.2 Å². The molecule has 0 heterocycles. The molecule has 0 radical (unpaired) electrons. The lowest BCUT2D eigenvalue weighted by molar-refractivity contribution is -0.384. The van der Waals surface area contributed by atoms with E-state index in [0.29, 0.717) is 22.2 Å². The van der Waals surface area contributed by atoms with E-state index in [1.165, 1.54) is 23.8 Å². The van der Waals surface area contributed by atoms with Crippen molar-refractivity contribution in [1.29, 1.82) is 0 Å². The maximum atomic E-state index is 12.3. The normalized spacial score (nSPS) is 10.4. The predicted octanol–water partition coefficient (Wildman–Crippen LogP) is 3.76. The van der Waals surface area contributed by atoms with Gasteiger partial charge in [0.25, 0.3) is 11.6 Å². The van der Waals surface area contributed by atoms with Gasteiger partial charge >= 0.3 is 0 Å². The summed E-state index contributed by atoms with van der Waals surface area (Å²) in [6.07, 6.45) is 0. The lowest BCUT2D eigenvalue weighted by atomic mass is 10.2. The Labute approximate surface area is 160 Å². The van der Waals surface area contributed by atoms with Crippen molar-refractivity contribution in [2.45, 2.75) is 13.8 Å². The topological polar surface area (TPSA) is 75.5 Å². The average molecular weight is 453 g/mol. The Bertz CT molecular complexity index is 780. The first-order valence-corrected chi connectivity index (χ1v) is 9.04. The Morgan fingerprint density at radius 3 is 2.64 bits per heavy atom. The van der Waals surface area contributed by atoms with Gasteiger partial charge in [0.2, 0.25) is 0 Å². The molecule has 0 saturated heterocycles. The molecule has 132 valence electrons. The number of nitrogens with one attached hydrogen (secondary N) is 1. The fraction of sp³-hybridized carbons (Fsp3) is 0.278. The number of anilines is 1. The fourth-order valence-corrected chi connectivity index (χ4v) is 3.24. The second kappa shape index (κ2) is 8.80. The number of amides is 1. The number of likely N-dealkylation sites (N-methyl/N-ethyl adjacent to an activating group) is 1. The summed E-state index contributed by atoms with van der Waals surface area (Å²) in [6, 6.07) is 12.5. The largest absolute Gasteiger partial charge is 0.370 e. The van der Waals surface area contributed by atoms with Crippen LogP contribution in [0.5, 0.6) is 0 Å². The van der Waals surface area contributed by atoms with E-state index in [2.05, 4.69) is 42.3 Å². The van der Waals surface area contributed by atoms with E-state index < -0.39 is 4.92 Å². The molecule has 0 saturated carbocycles. The number of hydrogen-bond donors (Lipinski definition) is 1. The van der Waals surface area contributed by atoms with E-state index in [1.807, 2.05) is 28.7 Å². The number of nitrogens with zero attached hydrogens (tertiary/aromatic N) is 2. The molecule has 0 unspecified atom stereocenters. The van der Waals surface area contributed by atoms with Crippen molar-refractivity contribution >= 4 is 39.9 Å². The Kier molecular flexibility index (Phi) is 6.74. The molecule has 0 spiro atoms. The molecule has 7 heteroatoms. The molecule has 1 amide bonds. The summed E-state index contributed by atoms with van der Waals surface area (Å²) >= 11 is 1.94. The number of carbonyl (C=O) groups is 1. The SMILES string of the molecule is CCN(CCNC(=O)c1ccc([N+](=O)[O-])cc1I)c1cccc(C)c1. The minimum Gasteiger partial charge on any atom is -0.370 e. The van der Waals surface area contributed by atoms with E-state index in [9.17, 15) is 14.9 Å². The molecular formula is C18H20IN3O3. The second-order valence-electron chi connectivity index (χ2n) is 5.60. The first-order valence-electron chi connectivity index (χ1n) is 7.96. The molecule has 1 N–H and O–H groups in total. The molecule has 0 fully saturated rings. The number of benzene rings is 2. The van der Waals surface area contributed by atoms with Gasteiger partial charge in [0, 0.05) is 41.0 Å². The van der Waals surface area contributed by atoms with Crippen molar-refractivity contribution in [3.8, 4) is 0 Å². The summed E-state index contributed by atoms with van der Waals surface area (Å²) in [6.45, 7) is 6.15. The molecule has 0 aromatic heterocycles. The highest BCUT2D eigenvalue weighted by Crippen LogP contribution is 2.19. The van der Waals surface area contributed by atoms with Crippen molar-refractivity contribution in [2.24, 2.45) is 0 Å². The number of nitro groups is 1. The molecule has 2 aromatic carbocycles. The van der Waals surface area contributed by atoms with Gasteiger partial charge in [-0.2, -0.15) is 0 Å². The van der Waals surface area contributed by atoms with Crippen LogP contribution in [-0.2, 0) is 0 Å². The van der Waals surface area contributed by atoms with Gasteiger partial charge in [0.15, 0.2) is 0 Å². The molecule has 0 aliphatic carbocycles. The van der Waals surface area contributed by atoms with E-state index >= 15 is 0 Å². The van der Waals surface area contributed by atoms with E-state index in [1.54, 1.807) is 0 Å². The van der Waals surface area contributed by atoms with Gasteiger partial charge < -0.3 is 10.2 Å². The highest BCUT2D eigenvalue weighted by molar-refractivity contribution is 14.1. The first-order chi connectivity index (χ1) is 11.9. The number of non-ortho nitro benzene ring substituents is 1. The highest BCUT2D eigenvalue weighted by atomic mass is 127. The van der Waals surface area contributed by atoms with Crippen molar-refractivity contribution in [3.63, 3.8) is 0 Å². The Hall–Kier alpha value is -2.16. The second-order valence-corrected chi connectivity index (χ2v) is 6.76. The van der Waals surface area contributed by atoms with E-state index in [4.69, 9.17) is 0 Å². The van der Waals surface area contributed by atoms with Crippen LogP contribution < -0.4 is 10.2 Å². The summed E-state index contributed by atoms with van der Waals surface area (Å²) in [5.74, 6) is -0.223. The first kappa shape index (κ1) is 19.2. The van der Waals surface area contributed by atoms with Gasteiger partial charge in [0.05, 0.1) is 10.5 Å². The van der Waals surface area contributed by atoms with Crippen LogP contribution in [0.25, 0.3) is 0 Å². The summed E-state index contributed by atoms with van der Waals surface area (Å²) in [7, 11) is 0. The van der Waals surface area contributed by atoms with Crippen LogP contribution in [-0.4, -0.2) is 30.5 Å². The zero-order valence-electron chi connectivity index (χ0n) is 14.2. The maximum Gasteiger partial charge on any atom is 0.270 e. The molecular weight excluding hydrogens is 433 g/mol. The molecule has 25 heavy (non-hydrogen) atoms. The molecule has 0 bridgehead atoms. The minimum atomic E-state index is -0.467. The summed E-state index contributed by atoms with van der Waals surface area (Å²) in [4.78, 5) is 24.8.